The maximum atomic E-state index is 11.9. The summed E-state index contributed by atoms with van der Waals surface area (Å²) in [4.78, 5) is 16.4. The lowest BCUT2D eigenvalue weighted by atomic mass is 9.91. The van der Waals surface area contributed by atoms with Crippen molar-refractivity contribution in [2.75, 3.05) is 6.61 Å². The SMILES string of the molecule is CCOC(=O)c1oc(CCC(C)(C)C)nc1C1CC1. The van der Waals surface area contributed by atoms with Gasteiger partial charge >= 0.3 is 5.97 Å². The van der Waals surface area contributed by atoms with Crippen LogP contribution in [-0.2, 0) is 11.2 Å². The van der Waals surface area contributed by atoms with E-state index in [0.717, 1.165) is 31.4 Å². The minimum atomic E-state index is -0.376. The number of aryl methyl sites for hydroxylation is 1. The Kier molecular flexibility index (Phi) is 3.97. The summed E-state index contributed by atoms with van der Waals surface area (Å²) < 4.78 is 10.7. The van der Waals surface area contributed by atoms with Crippen molar-refractivity contribution in [1.29, 1.82) is 0 Å². The quantitative estimate of drug-likeness (QED) is 0.762. The Balaban J connectivity index is 2.13. The molecule has 19 heavy (non-hydrogen) atoms. The van der Waals surface area contributed by atoms with E-state index in [0.29, 0.717) is 24.2 Å². The van der Waals surface area contributed by atoms with Crippen molar-refractivity contribution in [1.82, 2.24) is 4.98 Å². The second-order valence-corrected chi connectivity index (χ2v) is 6.38. The van der Waals surface area contributed by atoms with E-state index in [-0.39, 0.29) is 11.4 Å². The molecule has 0 amide bonds. The van der Waals surface area contributed by atoms with E-state index in [9.17, 15) is 4.79 Å². The van der Waals surface area contributed by atoms with Gasteiger partial charge in [0.1, 0.15) is 0 Å². The monoisotopic (exact) mass is 265 g/mol. The van der Waals surface area contributed by atoms with E-state index in [1.807, 2.05) is 0 Å². The van der Waals surface area contributed by atoms with Crippen molar-refractivity contribution in [3.8, 4) is 0 Å². The van der Waals surface area contributed by atoms with E-state index >= 15 is 0 Å². The van der Waals surface area contributed by atoms with Crippen molar-refractivity contribution in [3.05, 3.63) is 17.3 Å². The van der Waals surface area contributed by atoms with Gasteiger partial charge in [-0.05, 0) is 31.6 Å². The predicted octanol–water partition coefficient (Wildman–Crippen LogP) is 3.71. The van der Waals surface area contributed by atoms with E-state index in [1.54, 1.807) is 6.92 Å². The zero-order valence-electron chi connectivity index (χ0n) is 12.3. The summed E-state index contributed by atoms with van der Waals surface area (Å²) in [5, 5.41) is 0. The minimum Gasteiger partial charge on any atom is -0.460 e. The third-order valence-electron chi connectivity index (χ3n) is 3.21. The first kappa shape index (κ1) is 14.1. The molecule has 0 radical (unpaired) electrons. The topological polar surface area (TPSA) is 52.3 Å². The van der Waals surface area contributed by atoms with Gasteiger partial charge in [-0.15, -0.1) is 0 Å². The molecule has 0 N–H and O–H groups in total. The molecule has 0 aliphatic heterocycles. The van der Waals surface area contributed by atoms with Gasteiger partial charge in [-0.3, -0.25) is 0 Å². The third kappa shape index (κ3) is 3.82. The number of carbonyl (C=O) groups is 1. The Bertz CT molecular complexity index is 452. The highest BCUT2D eigenvalue weighted by Crippen LogP contribution is 2.41. The lowest BCUT2D eigenvalue weighted by Crippen LogP contribution is -2.06. The van der Waals surface area contributed by atoms with Crippen molar-refractivity contribution < 1.29 is 13.9 Å². The largest absolute Gasteiger partial charge is 0.460 e. The van der Waals surface area contributed by atoms with Crippen LogP contribution >= 0.6 is 0 Å². The van der Waals surface area contributed by atoms with Gasteiger partial charge in [0.05, 0.1) is 12.3 Å². The normalized spacial score (nSPS) is 15.6. The summed E-state index contributed by atoms with van der Waals surface area (Å²) in [6, 6.07) is 0. The number of rotatable bonds is 5. The number of hydrogen-bond acceptors (Lipinski definition) is 4. The van der Waals surface area contributed by atoms with E-state index < -0.39 is 0 Å². The van der Waals surface area contributed by atoms with E-state index in [1.165, 1.54) is 0 Å². The van der Waals surface area contributed by atoms with Gasteiger partial charge in [-0.1, -0.05) is 20.8 Å². The number of hydrogen-bond donors (Lipinski definition) is 0. The van der Waals surface area contributed by atoms with Crippen molar-refractivity contribution in [2.24, 2.45) is 5.41 Å². The molecule has 0 saturated heterocycles. The lowest BCUT2D eigenvalue weighted by Gasteiger charge is -2.16. The molecule has 4 nitrogen and oxygen atoms in total. The van der Waals surface area contributed by atoms with Crippen LogP contribution < -0.4 is 0 Å². The molecule has 0 atom stereocenters. The number of nitrogens with zero attached hydrogens (tertiary/aromatic N) is 1. The molecule has 0 spiro atoms. The molecule has 1 aliphatic carbocycles. The Morgan fingerprint density at radius 1 is 1.42 bits per heavy atom. The van der Waals surface area contributed by atoms with Crippen LogP contribution in [0.3, 0.4) is 0 Å². The molecule has 1 aliphatic rings. The average Bonchev–Trinajstić information content (AvgIpc) is 3.06. The molecular formula is C15H23NO3. The van der Waals surface area contributed by atoms with Crippen LogP contribution in [0.5, 0.6) is 0 Å². The molecule has 1 aromatic heterocycles. The highest BCUT2D eigenvalue weighted by molar-refractivity contribution is 5.87. The van der Waals surface area contributed by atoms with Gasteiger partial charge in [0.25, 0.3) is 0 Å². The molecule has 0 unspecified atom stereocenters. The van der Waals surface area contributed by atoms with Gasteiger partial charge in [-0.25, -0.2) is 9.78 Å². The summed E-state index contributed by atoms with van der Waals surface area (Å²) >= 11 is 0. The van der Waals surface area contributed by atoms with E-state index in [2.05, 4.69) is 25.8 Å². The van der Waals surface area contributed by atoms with Crippen LogP contribution in [0.15, 0.2) is 4.42 Å². The molecule has 0 aromatic carbocycles. The van der Waals surface area contributed by atoms with Crippen molar-refractivity contribution in [3.63, 3.8) is 0 Å². The maximum Gasteiger partial charge on any atom is 0.376 e. The molecule has 106 valence electrons. The Hall–Kier alpha value is -1.32. The molecule has 1 saturated carbocycles. The van der Waals surface area contributed by atoms with Gasteiger partial charge < -0.3 is 9.15 Å². The zero-order valence-corrected chi connectivity index (χ0v) is 12.3. The molecule has 4 heteroatoms. The van der Waals surface area contributed by atoms with Crippen molar-refractivity contribution in [2.45, 2.75) is 59.3 Å². The van der Waals surface area contributed by atoms with Gasteiger partial charge in [0.15, 0.2) is 5.89 Å². The van der Waals surface area contributed by atoms with Crippen LogP contribution in [0.25, 0.3) is 0 Å². The summed E-state index contributed by atoms with van der Waals surface area (Å²) in [5.41, 5.74) is 1.04. The number of oxazole rings is 1. The van der Waals surface area contributed by atoms with Gasteiger partial charge in [0.2, 0.25) is 5.76 Å². The maximum absolute atomic E-state index is 11.9. The average molecular weight is 265 g/mol. The first-order valence-corrected chi connectivity index (χ1v) is 7.07. The molecule has 0 bridgehead atoms. The second kappa shape index (κ2) is 5.35. The minimum absolute atomic E-state index is 0.234. The molecular weight excluding hydrogens is 242 g/mol. The van der Waals surface area contributed by atoms with E-state index in [4.69, 9.17) is 9.15 Å². The summed E-state index contributed by atoms with van der Waals surface area (Å²) in [5.74, 6) is 1.01. The molecule has 1 fully saturated rings. The van der Waals surface area contributed by atoms with Crippen LogP contribution in [0.4, 0.5) is 0 Å². The first-order valence-electron chi connectivity index (χ1n) is 7.07. The lowest BCUT2D eigenvalue weighted by molar-refractivity contribution is 0.0486. The summed E-state index contributed by atoms with van der Waals surface area (Å²) in [6.07, 6.45) is 3.94. The highest BCUT2D eigenvalue weighted by Gasteiger charge is 2.34. The number of ether oxygens (including phenoxy) is 1. The Labute approximate surface area is 114 Å². The fourth-order valence-corrected chi connectivity index (χ4v) is 1.94. The smallest absolute Gasteiger partial charge is 0.376 e. The van der Waals surface area contributed by atoms with Crippen LogP contribution in [0.2, 0.25) is 0 Å². The Morgan fingerprint density at radius 3 is 2.63 bits per heavy atom. The van der Waals surface area contributed by atoms with Crippen LogP contribution in [0, 0.1) is 5.41 Å². The predicted molar refractivity (Wildman–Crippen MR) is 72.2 cm³/mol. The first-order chi connectivity index (χ1) is 8.90. The Morgan fingerprint density at radius 2 is 2.11 bits per heavy atom. The van der Waals surface area contributed by atoms with Gasteiger partial charge in [0, 0.05) is 12.3 Å². The van der Waals surface area contributed by atoms with Crippen LogP contribution in [0.1, 0.15) is 75.0 Å². The highest BCUT2D eigenvalue weighted by atomic mass is 16.5. The summed E-state index contributed by atoms with van der Waals surface area (Å²) in [6.45, 7) is 8.71. The molecule has 1 heterocycles. The standard InChI is InChI=1S/C15H23NO3/c1-5-18-14(17)13-12(10-6-7-10)16-11(19-13)8-9-15(2,3)4/h10H,5-9H2,1-4H3. The number of aromatic nitrogens is 1. The number of carbonyl (C=O) groups excluding carboxylic acids is 1. The third-order valence-corrected chi connectivity index (χ3v) is 3.21. The van der Waals surface area contributed by atoms with Gasteiger partial charge in [-0.2, -0.15) is 0 Å². The second-order valence-electron chi connectivity index (χ2n) is 6.38. The van der Waals surface area contributed by atoms with Crippen molar-refractivity contribution >= 4 is 5.97 Å². The van der Waals surface area contributed by atoms with Crippen LogP contribution in [-0.4, -0.2) is 17.6 Å². The zero-order chi connectivity index (χ0) is 14.0. The number of esters is 1. The molecule has 1 aromatic rings. The summed E-state index contributed by atoms with van der Waals surface area (Å²) in [7, 11) is 0. The molecule has 2 rings (SSSR count). The fraction of sp³-hybridized carbons (Fsp3) is 0.733. The fourth-order valence-electron chi connectivity index (χ4n) is 1.94.